The Kier molecular flexibility index (Phi) is 9.12. The number of pyridine rings is 1. The third-order valence-corrected chi connectivity index (χ3v) is 8.85. The van der Waals surface area contributed by atoms with Gasteiger partial charge < -0.3 is 10.6 Å². The van der Waals surface area contributed by atoms with Gasteiger partial charge in [0.25, 0.3) is 0 Å². The van der Waals surface area contributed by atoms with Gasteiger partial charge in [0, 0.05) is 46.9 Å². The number of sulfonamides is 1. The first kappa shape index (κ1) is 28.8. The second-order valence-corrected chi connectivity index (χ2v) is 12.2. The normalized spacial score (nSPS) is 11.6. The minimum atomic E-state index is -3.98. The van der Waals surface area contributed by atoms with Gasteiger partial charge in [0.15, 0.2) is 0 Å². The van der Waals surface area contributed by atoms with Crippen LogP contribution in [0.2, 0.25) is 10.0 Å². The lowest BCUT2D eigenvalue weighted by Gasteiger charge is -2.24. The Morgan fingerprint density at radius 3 is 2.26 bits per heavy atom. The largest absolute Gasteiger partial charge is 0.383 e. The van der Waals surface area contributed by atoms with E-state index < -0.39 is 15.9 Å². The standard InChI is InChI=1S/C29H30Cl2N4O3S/c1-19-14-20(2)29(21(3)15-19)39(37,38)35(17-22-4-6-23(30)7-5-22)18-28(36)34-13-12-33-26-10-11-32-27-16-24(31)8-9-25(26)27/h4-11,14-16H,12-13,17-18H2,1-3H3,(H,32,33)(H,34,36). The molecule has 39 heavy (non-hydrogen) atoms. The SMILES string of the molecule is Cc1cc(C)c(S(=O)(=O)N(CC(=O)NCCNc2ccnc3cc(Cl)ccc23)Cc2ccc(Cl)cc2)c(C)c1. The van der Waals surface area contributed by atoms with E-state index in [1.165, 1.54) is 4.31 Å². The van der Waals surface area contributed by atoms with Crippen molar-refractivity contribution >= 4 is 55.7 Å². The van der Waals surface area contributed by atoms with E-state index in [1.807, 2.05) is 31.2 Å². The van der Waals surface area contributed by atoms with E-state index in [9.17, 15) is 13.2 Å². The molecule has 204 valence electrons. The topological polar surface area (TPSA) is 91.4 Å². The molecule has 0 fully saturated rings. The van der Waals surface area contributed by atoms with Crippen LogP contribution in [0.4, 0.5) is 5.69 Å². The number of carbonyl (C=O) groups excluding carboxylic acids is 1. The predicted octanol–water partition coefficient (Wildman–Crippen LogP) is 5.89. The first-order valence-corrected chi connectivity index (χ1v) is 14.6. The minimum Gasteiger partial charge on any atom is -0.383 e. The molecule has 4 rings (SSSR count). The Labute approximate surface area is 239 Å². The van der Waals surface area contributed by atoms with Crippen LogP contribution in [0.25, 0.3) is 10.9 Å². The summed E-state index contributed by atoms with van der Waals surface area (Å²) in [6.45, 7) is 5.91. The number of hydrogen-bond acceptors (Lipinski definition) is 5. The second kappa shape index (κ2) is 12.3. The van der Waals surface area contributed by atoms with Crippen LogP contribution in [0.5, 0.6) is 0 Å². The van der Waals surface area contributed by atoms with Gasteiger partial charge in [-0.2, -0.15) is 4.31 Å². The number of hydrogen-bond donors (Lipinski definition) is 2. The fraction of sp³-hybridized carbons (Fsp3) is 0.241. The van der Waals surface area contributed by atoms with E-state index in [2.05, 4.69) is 15.6 Å². The maximum absolute atomic E-state index is 13.8. The van der Waals surface area contributed by atoms with E-state index in [-0.39, 0.29) is 18.0 Å². The third-order valence-electron chi connectivity index (χ3n) is 6.26. The van der Waals surface area contributed by atoms with Gasteiger partial charge in [0.1, 0.15) is 0 Å². The zero-order chi connectivity index (χ0) is 28.2. The summed E-state index contributed by atoms with van der Waals surface area (Å²) in [5, 5.41) is 8.20. The molecular weight excluding hydrogens is 555 g/mol. The molecule has 2 N–H and O–H groups in total. The molecule has 0 radical (unpaired) electrons. The van der Waals surface area contributed by atoms with Crippen LogP contribution in [0, 0.1) is 20.8 Å². The number of rotatable bonds is 10. The van der Waals surface area contributed by atoms with Crippen molar-refractivity contribution in [1.82, 2.24) is 14.6 Å². The summed E-state index contributed by atoms with van der Waals surface area (Å²) in [7, 11) is -3.98. The molecule has 0 aliphatic carbocycles. The van der Waals surface area contributed by atoms with Crippen molar-refractivity contribution in [3.05, 3.63) is 99.2 Å². The first-order chi connectivity index (χ1) is 18.5. The van der Waals surface area contributed by atoms with E-state index in [1.54, 1.807) is 56.4 Å². The smallest absolute Gasteiger partial charge is 0.244 e. The molecule has 0 bridgehead atoms. The summed E-state index contributed by atoms with van der Waals surface area (Å²) < 4.78 is 28.9. The number of nitrogens with one attached hydrogen (secondary N) is 2. The summed E-state index contributed by atoms with van der Waals surface area (Å²) in [6, 6.07) is 17.9. The monoisotopic (exact) mass is 584 g/mol. The Balaban J connectivity index is 1.47. The Hall–Kier alpha value is -3.17. The molecule has 3 aromatic carbocycles. The molecule has 0 spiro atoms. The fourth-order valence-corrected chi connectivity index (χ4v) is 6.70. The van der Waals surface area contributed by atoms with Gasteiger partial charge in [-0.05, 0) is 73.9 Å². The van der Waals surface area contributed by atoms with Gasteiger partial charge >= 0.3 is 0 Å². The average Bonchev–Trinajstić information content (AvgIpc) is 2.86. The van der Waals surface area contributed by atoms with Crippen LogP contribution in [-0.2, 0) is 21.4 Å². The molecule has 0 atom stereocenters. The summed E-state index contributed by atoms with van der Waals surface area (Å²) in [5.41, 5.74) is 4.62. The van der Waals surface area contributed by atoms with Crippen LogP contribution in [0.15, 0.2) is 71.8 Å². The summed E-state index contributed by atoms with van der Waals surface area (Å²) >= 11 is 12.1. The van der Waals surface area contributed by atoms with Crippen molar-refractivity contribution in [2.45, 2.75) is 32.2 Å². The molecule has 4 aromatic rings. The number of fused-ring (bicyclic) bond motifs is 1. The van der Waals surface area contributed by atoms with Crippen molar-refractivity contribution in [3.63, 3.8) is 0 Å². The minimum absolute atomic E-state index is 0.0312. The number of aromatic nitrogens is 1. The molecule has 0 saturated carbocycles. The highest BCUT2D eigenvalue weighted by Crippen LogP contribution is 2.27. The number of anilines is 1. The molecule has 0 aliphatic rings. The van der Waals surface area contributed by atoms with E-state index >= 15 is 0 Å². The van der Waals surface area contributed by atoms with Crippen molar-refractivity contribution in [3.8, 4) is 0 Å². The third kappa shape index (κ3) is 7.08. The number of aryl methyl sites for hydroxylation is 3. The number of carbonyl (C=O) groups is 1. The van der Waals surface area contributed by atoms with Crippen molar-refractivity contribution in [1.29, 1.82) is 0 Å². The van der Waals surface area contributed by atoms with E-state index in [4.69, 9.17) is 23.2 Å². The quantitative estimate of drug-likeness (QED) is 0.227. The van der Waals surface area contributed by atoms with Crippen molar-refractivity contribution in [2.75, 3.05) is 25.0 Å². The predicted molar refractivity (Wildman–Crippen MR) is 158 cm³/mol. The number of nitrogens with zero attached hydrogens (tertiary/aromatic N) is 2. The highest BCUT2D eigenvalue weighted by Gasteiger charge is 2.30. The second-order valence-electron chi connectivity index (χ2n) is 9.42. The zero-order valence-electron chi connectivity index (χ0n) is 22.0. The van der Waals surface area contributed by atoms with Gasteiger partial charge in [-0.25, -0.2) is 8.42 Å². The lowest BCUT2D eigenvalue weighted by Crippen LogP contribution is -2.41. The molecule has 7 nitrogen and oxygen atoms in total. The van der Waals surface area contributed by atoms with E-state index in [0.29, 0.717) is 34.3 Å². The molecule has 0 aliphatic heterocycles. The average molecular weight is 586 g/mol. The van der Waals surface area contributed by atoms with Crippen LogP contribution in [-0.4, -0.2) is 43.2 Å². The fourth-order valence-electron chi connectivity index (χ4n) is 4.61. The van der Waals surface area contributed by atoms with Crippen LogP contribution < -0.4 is 10.6 Å². The van der Waals surface area contributed by atoms with Crippen LogP contribution >= 0.6 is 23.2 Å². The molecule has 1 aromatic heterocycles. The Morgan fingerprint density at radius 1 is 0.897 bits per heavy atom. The van der Waals surface area contributed by atoms with Gasteiger partial charge in [-0.15, -0.1) is 0 Å². The lowest BCUT2D eigenvalue weighted by molar-refractivity contribution is -0.121. The van der Waals surface area contributed by atoms with Gasteiger partial charge in [-0.3, -0.25) is 9.78 Å². The molecule has 0 saturated heterocycles. The maximum Gasteiger partial charge on any atom is 0.244 e. The Bertz CT molecular complexity index is 1590. The van der Waals surface area contributed by atoms with E-state index in [0.717, 1.165) is 27.7 Å². The zero-order valence-corrected chi connectivity index (χ0v) is 24.3. The molecule has 1 heterocycles. The summed E-state index contributed by atoms with van der Waals surface area (Å²) in [4.78, 5) is 17.5. The highest BCUT2D eigenvalue weighted by atomic mass is 35.5. The van der Waals surface area contributed by atoms with Crippen LogP contribution in [0.1, 0.15) is 22.3 Å². The highest BCUT2D eigenvalue weighted by molar-refractivity contribution is 7.89. The van der Waals surface area contributed by atoms with Crippen molar-refractivity contribution < 1.29 is 13.2 Å². The first-order valence-electron chi connectivity index (χ1n) is 12.4. The van der Waals surface area contributed by atoms with Crippen molar-refractivity contribution in [2.24, 2.45) is 0 Å². The van der Waals surface area contributed by atoms with Crippen LogP contribution in [0.3, 0.4) is 0 Å². The Morgan fingerprint density at radius 2 is 1.56 bits per heavy atom. The number of halogens is 2. The summed E-state index contributed by atoms with van der Waals surface area (Å²) in [5.74, 6) is -0.400. The maximum atomic E-state index is 13.8. The lowest BCUT2D eigenvalue weighted by atomic mass is 10.1. The molecule has 0 unspecified atom stereocenters. The number of amides is 1. The van der Waals surface area contributed by atoms with Gasteiger partial charge in [0.2, 0.25) is 15.9 Å². The molecule has 1 amide bonds. The number of benzene rings is 3. The molecule has 10 heteroatoms. The summed E-state index contributed by atoms with van der Waals surface area (Å²) in [6.07, 6.45) is 1.69. The molecular formula is C29H30Cl2N4O3S. The van der Waals surface area contributed by atoms with Gasteiger partial charge in [-0.1, -0.05) is 53.0 Å². The van der Waals surface area contributed by atoms with Gasteiger partial charge in [0.05, 0.1) is 17.0 Å².